The van der Waals surface area contributed by atoms with Crippen LogP contribution in [0.4, 0.5) is 0 Å². The third-order valence-corrected chi connectivity index (χ3v) is 4.15. The van der Waals surface area contributed by atoms with Gasteiger partial charge in [-0.3, -0.25) is 9.69 Å². The first-order valence-corrected chi connectivity index (χ1v) is 8.24. The Morgan fingerprint density at radius 3 is 2.91 bits per heavy atom. The minimum absolute atomic E-state index is 0.257. The maximum atomic E-state index is 11.3. The average molecular weight is 321 g/mol. The lowest BCUT2D eigenvalue weighted by atomic mass is 9.90. The van der Waals surface area contributed by atoms with Crippen molar-refractivity contribution in [2.24, 2.45) is 11.8 Å². The molecule has 1 N–H and O–H groups in total. The molecular formula is C18H27NO4. The normalized spacial score (nSPS) is 22.0. The third kappa shape index (κ3) is 5.84. The van der Waals surface area contributed by atoms with Crippen LogP contribution in [0.5, 0.6) is 5.75 Å². The minimum atomic E-state index is -0.684. The van der Waals surface area contributed by atoms with E-state index < -0.39 is 5.97 Å². The first kappa shape index (κ1) is 17.8. The standard InChI is InChI=1S/C18H27NO4/c1-14-9-16(18(20)21)13-19(11-14)12-15-5-3-6-17(10-15)23-8-4-7-22-2/h3,5-6,10,14,16H,4,7-9,11-13H2,1-2H3,(H,20,21). The number of rotatable bonds is 8. The van der Waals surface area contributed by atoms with Crippen LogP contribution in [0.2, 0.25) is 0 Å². The molecule has 1 fully saturated rings. The van der Waals surface area contributed by atoms with E-state index in [4.69, 9.17) is 9.47 Å². The molecule has 128 valence electrons. The fraction of sp³-hybridized carbons (Fsp3) is 0.611. The predicted octanol–water partition coefficient (Wildman–Crippen LogP) is 2.64. The molecule has 0 aliphatic carbocycles. The van der Waals surface area contributed by atoms with E-state index in [1.807, 2.05) is 18.2 Å². The number of methoxy groups -OCH3 is 1. The Morgan fingerprint density at radius 1 is 1.35 bits per heavy atom. The molecule has 2 atom stereocenters. The second kappa shape index (κ2) is 8.89. The molecule has 5 heteroatoms. The maximum absolute atomic E-state index is 11.3. The van der Waals surface area contributed by atoms with Gasteiger partial charge >= 0.3 is 5.97 Å². The van der Waals surface area contributed by atoms with Crippen LogP contribution in [-0.2, 0) is 16.1 Å². The van der Waals surface area contributed by atoms with Crippen LogP contribution in [0.15, 0.2) is 24.3 Å². The zero-order valence-electron chi connectivity index (χ0n) is 14.0. The number of ether oxygens (including phenoxy) is 2. The zero-order chi connectivity index (χ0) is 16.7. The molecule has 1 aliphatic heterocycles. The average Bonchev–Trinajstić information content (AvgIpc) is 2.51. The summed E-state index contributed by atoms with van der Waals surface area (Å²) in [7, 11) is 1.69. The van der Waals surface area contributed by atoms with Crippen molar-refractivity contribution in [3.8, 4) is 5.75 Å². The van der Waals surface area contributed by atoms with Gasteiger partial charge < -0.3 is 14.6 Å². The molecule has 1 aromatic carbocycles. The molecule has 2 unspecified atom stereocenters. The molecule has 1 aromatic rings. The molecule has 1 saturated heterocycles. The Bertz CT molecular complexity index is 506. The lowest BCUT2D eigenvalue weighted by molar-refractivity contribution is -0.144. The van der Waals surface area contributed by atoms with Gasteiger partial charge in [-0.15, -0.1) is 0 Å². The number of benzene rings is 1. The van der Waals surface area contributed by atoms with E-state index >= 15 is 0 Å². The van der Waals surface area contributed by atoms with Crippen molar-refractivity contribution in [3.05, 3.63) is 29.8 Å². The van der Waals surface area contributed by atoms with E-state index in [2.05, 4.69) is 17.9 Å². The second-order valence-electron chi connectivity index (χ2n) is 6.41. The first-order chi connectivity index (χ1) is 11.1. The largest absolute Gasteiger partial charge is 0.493 e. The Labute approximate surface area is 138 Å². The molecule has 0 amide bonds. The molecule has 1 aliphatic rings. The number of carbonyl (C=O) groups is 1. The summed E-state index contributed by atoms with van der Waals surface area (Å²) in [5.41, 5.74) is 1.16. The zero-order valence-corrected chi connectivity index (χ0v) is 14.0. The number of aliphatic carboxylic acids is 1. The van der Waals surface area contributed by atoms with Crippen molar-refractivity contribution >= 4 is 5.97 Å². The van der Waals surface area contributed by atoms with Gasteiger partial charge in [0.2, 0.25) is 0 Å². The molecule has 1 heterocycles. The molecule has 0 spiro atoms. The summed E-state index contributed by atoms with van der Waals surface area (Å²) in [5, 5.41) is 9.27. The van der Waals surface area contributed by atoms with Gasteiger partial charge in [0.25, 0.3) is 0 Å². The van der Waals surface area contributed by atoms with Crippen LogP contribution in [0.3, 0.4) is 0 Å². The fourth-order valence-electron chi connectivity index (χ4n) is 3.15. The molecule has 2 rings (SSSR count). The molecule has 5 nitrogen and oxygen atoms in total. The van der Waals surface area contributed by atoms with Crippen LogP contribution >= 0.6 is 0 Å². The van der Waals surface area contributed by atoms with Crippen LogP contribution in [0.25, 0.3) is 0 Å². The number of hydrogen-bond acceptors (Lipinski definition) is 4. The fourth-order valence-corrected chi connectivity index (χ4v) is 3.15. The van der Waals surface area contributed by atoms with E-state index in [1.54, 1.807) is 7.11 Å². The highest BCUT2D eigenvalue weighted by Crippen LogP contribution is 2.24. The van der Waals surface area contributed by atoms with Crippen LogP contribution in [-0.4, -0.2) is 49.4 Å². The highest BCUT2D eigenvalue weighted by atomic mass is 16.5. The lowest BCUT2D eigenvalue weighted by Crippen LogP contribution is -2.41. The van der Waals surface area contributed by atoms with Gasteiger partial charge in [0, 0.05) is 39.8 Å². The van der Waals surface area contributed by atoms with Crippen molar-refractivity contribution in [2.75, 3.05) is 33.4 Å². The summed E-state index contributed by atoms with van der Waals surface area (Å²) < 4.78 is 10.7. The Morgan fingerprint density at radius 2 is 2.17 bits per heavy atom. The van der Waals surface area contributed by atoms with Crippen LogP contribution in [0.1, 0.15) is 25.3 Å². The Kier molecular flexibility index (Phi) is 6.86. The van der Waals surface area contributed by atoms with Gasteiger partial charge in [-0.2, -0.15) is 0 Å². The predicted molar refractivity (Wildman–Crippen MR) is 88.6 cm³/mol. The molecule has 0 saturated carbocycles. The smallest absolute Gasteiger partial charge is 0.307 e. The van der Waals surface area contributed by atoms with Crippen molar-refractivity contribution in [1.29, 1.82) is 0 Å². The molecular weight excluding hydrogens is 294 g/mol. The number of piperidine rings is 1. The van der Waals surface area contributed by atoms with Crippen molar-refractivity contribution in [3.63, 3.8) is 0 Å². The number of carboxylic acid groups (broad SMARTS) is 1. The highest BCUT2D eigenvalue weighted by Gasteiger charge is 2.29. The third-order valence-electron chi connectivity index (χ3n) is 4.15. The van der Waals surface area contributed by atoms with Crippen molar-refractivity contribution in [1.82, 2.24) is 4.90 Å². The highest BCUT2D eigenvalue weighted by molar-refractivity contribution is 5.70. The minimum Gasteiger partial charge on any atom is -0.493 e. The maximum Gasteiger partial charge on any atom is 0.307 e. The van der Waals surface area contributed by atoms with Gasteiger partial charge in [0.15, 0.2) is 0 Å². The van der Waals surface area contributed by atoms with Crippen molar-refractivity contribution < 1.29 is 19.4 Å². The summed E-state index contributed by atoms with van der Waals surface area (Å²) in [6, 6.07) is 8.05. The van der Waals surface area contributed by atoms with E-state index in [1.165, 1.54) is 0 Å². The molecule has 0 radical (unpaired) electrons. The van der Waals surface area contributed by atoms with E-state index in [9.17, 15) is 9.90 Å². The summed E-state index contributed by atoms with van der Waals surface area (Å²) in [4.78, 5) is 13.5. The van der Waals surface area contributed by atoms with Crippen LogP contribution in [0, 0.1) is 11.8 Å². The first-order valence-electron chi connectivity index (χ1n) is 8.24. The van der Waals surface area contributed by atoms with E-state index in [-0.39, 0.29) is 5.92 Å². The van der Waals surface area contributed by atoms with Crippen molar-refractivity contribution in [2.45, 2.75) is 26.3 Å². The van der Waals surface area contributed by atoms with Gasteiger partial charge in [-0.05, 0) is 30.0 Å². The number of nitrogens with zero attached hydrogens (tertiary/aromatic N) is 1. The topological polar surface area (TPSA) is 59.0 Å². The Hall–Kier alpha value is -1.59. The van der Waals surface area contributed by atoms with Gasteiger partial charge in [0.1, 0.15) is 5.75 Å². The summed E-state index contributed by atoms with van der Waals surface area (Å²) in [6.45, 7) is 5.79. The van der Waals surface area contributed by atoms with Gasteiger partial charge in [-0.1, -0.05) is 19.1 Å². The van der Waals surface area contributed by atoms with Gasteiger partial charge in [0.05, 0.1) is 12.5 Å². The Balaban J connectivity index is 1.90. The van der Waals surface area contributed by atoms with E-state index in [0.717, 1.165) is 37.2 Å². The van der Waals surface area contributed by atoms with E-state index in [0.29, 0.717) is 25.7 Å². The summed E-state index contributed by atoms with van der Waals surface area (Å²) in [5.74, 6) is 0.334. The second-order valence-corrected chi connectivity index (χ2v) is 6.41. The molecule has 23 heavy (non-hydrogen) atoms. The number of hydrogen-bond donors (Lipinski definition) is 1. The quantitative estimate of drug-likeness (QED) is 0.746. The summed E-state index contributed by atoms with van der Waals surface area (Å²) >= 11 is 0. The lowest BCUT2D eigenvalue weighted by Gasteiger charge is -2.34. The number of carboxylic acids is 1. The monoisotopic (exact) mass is 321 g/mol. The number of likely N-dealkylation sites (tertiary alicyclic amines) is 1. The molecule has 0 aromatic heterocycles. The summed E-state index contributed by atoms with van der Waals surface area (Å²) in [6.07, 6.45) is 1.64. The van der Waals surface area contributed by atoms with Crippen LogP contribution < -0.4 is 4.74 Å². The van der Waals surface area contributed by atoms with Gasteiger partial charge in [-0.25, -0.2) is 0 Å². The SMILES string of the molecule is COCCCOc1cccc(CN2CC(C)CC(C(=O)O)C2)c1. The molecule has 0 bridgehead atoms.